The second-order valence-electron chi connectivity index (χ2n) is 7.30. The molecule has 1 aliphatic carbocycles. The van der Waals surface area contributed by atoms with Gasteiger partial charge in [0.05, 0.1) is 16.8 Å². The lowest BCUT2D eigenvalue weighted by atomic mass is 9.87. The van der Waals surface area contributed by atoms with Crippen LogP contribution in [0.1, 0.15) is 43.1 Å². The zero-order valence-electron chi connectivity index (χ0n) is 14.3. The van der Waals surface area contributed by atoms with Gasteiger partial charge >= 0.3 is 5.63 Å². The normalized spacial score (nSPS) is 25.2. The van der Waals surface area contributed by atoms with Gasteiger partial charge in [0.25, 0.3) is 0 Å². The summed E-state index contributed by atoms with van der Waals surface area (Å²) in [5.41, 5.74) is 2.75. The molecule has 1 saturated carbocycles. The monoisotopic (exact) mass is 321 g/mol. The number of aryl methyl sites for hydroxylation is 1. The van der Waals surface area contributed by atoms with Crippen molar-refractivity contribution in [2.75, 3.05) is 4.90 Å². The fraction of sp³-hybridized carbons (Fsp3) is 0.381. The Morgan fingerprint density at radius 2 is 2.08 bits per heavy atom. The molecule has 1 fully saturated rings. The summed E-state index contributed by atoms with van der Waals surface area (Å²) in [5.74, 6) is 1.38. The van der Waals surface area contributed by atoms with E-state index >= 15 is 0 Å². The van der Waals surface area contributed by atoms with E-state index in [0.717, 1.165) is 25.1 Å². The van der Waals surface area contributed by atoms with Gasteiger partial charge in [0, 0.05) is 12.6 Å². The van der Waals surface area contributed by atoms with Gasteiger partial charge in [-0.3, -0.25) is 0 Å². The topological polar surface area (TPSA) is 33.5 Å². The summed E-state index contributed by atoms with van der Waals surface area (Å²) < 4.78 is 5.31. The second kappa shape index (κ2) is 5.66. The SMILES string of the molecule is Cc1cc2c(c(=O)o1)C=C[C@]1(CC[C@@H](C)C1)N2Cc1ccccc1. The number of anilines is 1. The highest BCUT2D eigenvalue weighted by Gasteiger charge is 2.43. The quantitative estimate of drug-likeness (QED) is 0.814. The fourth-order valence-corrected chi connectivity index (χ4v) is 4.26. The Hall–Kier alpha value is -2.29. The second-order valence-corrected chi connectivity index (χ2v) is 7.30. The van der Waals surface area contributed by atoms with Crippen molar-refractivity contribution < 1.29 is 4.42 Å². The van der Waals surface area contributed by atoms with Crippen molar-refractivity contribution in [2.45, 2.75) is 45.2 Å². The van der Waals surface area contributed by atoms with E-state index in [0.29, 0.717) is 17.2 Å². The molecule has 0 amide bonds. The van der Waals surface area contributed by atoms with Crippen molar-refractivity contribution in [3.05, 3.63) is 69.8 Å². The van der Waals surface area contributed by atoms with Crippen LogP contribution in [0.5, 0.6) is 0 Å². The Morgan fingerprint density at radius 1 is 1.29 bits per heavy atom. The van der Waals surface area contributed by atoms with Gasteiger partial charge in [-0.1, -0.05) is 43.3 Å². The summed E-state index contributed by atoms with van der Waals surface area (Å²) >= 11 is 0. The predicted molar refractivity (Wildman–Crippen MR) is 97.1 cm³/mol. The van der Waals surface area contributed by atoms with E-state index in [9.17, 15) is 4.79 Å². The lowest BCUT2D eigenvalue weighted by molar-refractivity contribution is 0.445. The number of hydrogen-bond donors (Lipinski definition) is 0. The van der Waals surface area contributed by atoms with Crippen LogP contribution in [-0.4, -0.2) is 5.54 Å². The van der Waals surface area contributed by atoms with E-state index in [2.05, 4.69) is 42.2 Å². The number of fused-ring (bicyclic) bond motifs is 1. The summed E-state index contributed by atoms with van der Waals surface area (Å²) in [4.78, 5) is 14.7. The van der Waals surface area contributed by atoms with Gasteiger partial charge in [0.2, 0.25) is 0 Å². The smallest absolute Gasteiger partial charge is 0.345 e. The highest BCUT2D eigenvalue weighted by atomic mass is 16.4. The average Bonchev–Trinajstić information content (AvgIpc) is 2.93. The van der Waals surface area contributed by atoms with Crippen LogP contribution in [-0.2, 0) is 6.54 Å². The van der Waals surface area contributed by atoms with Crippen molar-refractivity contribution in [3.63, 3.8) is 0 Å². The summed E-state index contributed by atoms with van der Waals surface area (Å²) in [6.07, 6.45) is 7.73. The largest absolute Gasteiger partial charge is 0.428 e. The number of nitrogens with zero attached hydrogens (tertiary/aromatic N) is 1. The van der Waals surface area contributed by atoms with E-state index in [4.69, 9.17) is 4.42 Å². The van der Waals surface area contributed by atoms with E-state index in [1.165, 1.54) is 12.0 Å². The zero-order valence-corrected chi connectivity index (χ0v) is 14.3. The first-order chi connectivity index (χ1) is 11.6. The van der Waals surface area contributed by atoms with E-state index in [1.807, 2.05) is 25.1 Å². The summed E-state index contributed by atoms with van der Waals surface area (Å²) in [7, 11) is 0. The molecule has 1 spiro atoms. The third-order valence-electron chi connectivity index (χ3n) is 5.43. The first kappa shape index (κ1) is 15.3. The Kier molecular flexibility index (Phi) is 3.60. The van der Waals surface area contributed by atoms with Gasteiger partial charge in [0.15, 0.2) is 0 Å². The maximum absolute atomic E-state index is 12.3. The van der Waals surface area contributed by atoms with Crippen molar-refractivity contribution in [1.29, 1.82) is 0 Å². The van der Waals surface area contributed by atoms with Crippen molar-refractivity contribution in [3.8, 4) is 0 Å². The molecule has 0 unspecified atom stereocenters. The maximum atomic E-state index is 12.3. The minimum atomic E-state index is -0.236. The molecule has 2 atom stereocenters. The summed E-state index contributed by atoms with van der Waals surface area (Å²) in [6.45, 7) is 4.99. The standard InChI is InChI=1S/C21H23NO2/c1-15-8-10-21(13-15)11-9-18-19(12-16(2)24-20(18)23)22(21)14-17-6-4-3-5-7-17/h3-7,9,11-12,15H,8,10,13-14H2,1-2H3/t15-,21+/m1/s1. The summed E-state index contributed by atoms with van der Waals surface area (Å²) in [6, 6.07) is 12.5. The van der Waals surface area contributed by atoms with Crippen LogP contribution in [0.15, 0.2) is 51.7 Å². The molecule has 0 bridgehead atoms. The fourth-order valence-electron chi connectivity index (χ4n) is 4.26. The van der Waals surface area contributed by atoms with Crippen LogP contribution in [0.3, 0.4) is 0 Å². The van der Waals surface area contributed by atoms with Gasteiger partial charge in [-0.25, -0.2) is 4.79 Å². The molecule has 2 heterocycles. The number of benzene rings is 1. The lowest BCUT2D eigenvalue weighted by Gasteiger charge is -2.44. The Balaban J connectivity index is 1.84. The van der Waals surface area contributed by atoms with Crippen molar-refractivity contribution in [2.24, 2.45) is 5.92 Å². The Labute approximate surface area is 142 Å². The molecule has 124 valence electrons. The number of hydrogen-bond acceptors (Lipinski definition) is 3. The molecule has 3 heteroatoms. The third-order valence-corrected chi connectivity index (χ3v) is 5.43. The molecule has 3 nitrogen and oxygen atoms in total. The van der Waals surface area contributed by atoms with Gasteiger partial charge < -0.3 is 9.32 Å². The van der Waals surface area contributed by atoms with Crippen LogP contribution < -0.4 is 10.5 Å². The van der Waals surface area contributed by atoms with Crippen molar-refractivity contribution >= 4 is 11.8 Å². The van der Waals surface area contributed by atoms with Crippen LogP contribution >= 0.6 is 0 Å². The molecule has 2 aromatic rings. The van der Waals surface area contributed by atoms with E-state index < -0.39 is 0 Å². The van der Waals surface area contributed by atoms with Gasteiger partial charge in [-0.2, -0.15) is 0 Å². The van der Waals surface area contributed by atoms with Crippen LogP contribution in [0, 0.1) is 12.8 Å². The Morgan fingerprint density at radius 3 is 2.79 bits per heavy atom. The molecule has 1 aromatic heterocycles. The molecule has 0 N–H and O–H groups in total. The summed E-state index contributed by atoms with van der Waals surface area (Å²) in [5, 5.41) is 0. The zero-order chi connectivity index (χ0) is 16.7. The Bertz CT molecular complexity index is 837. The average molecular weight is 321 g/mol. The minimum absolute atomic E-state index is 0.0164. The van der Waals surface area contributed by atoms with Gasteiger partial charge in [0.1, 0.15) is 5.76 Å². The molecule has 2 aliphatic rings. The van der Waals surface area contributed by atoms with Crippen LogP contribution in [0.4, 0.5) is 5.69 Å². The predicted octanol–water partition coefficient (Wildman–Crippen LogP) is 4.54. The highest BCUT2D eigenvalue weighted by Crippen LogP contribution is 2.46. The van der Waals surface area contributed by atoms with E-state index in [-0.39, 0.29) is 11.2 Å². The third kappa shape index (κ3) is 2.48. The van der Waals surface area contributed by atoms with Crippen LogP contribution in [0.2, 0.25) is 0 Å². The molecule has 0 radical (unpaired) electrons. The molecule has 24 heavy (non-hydrogen) atoms. The molecule has 1 aromatic carbocycles. The first-order valence-electron chi connectivity index (χ1n) is 8.73. The van der Waals surface area contributed by atoms with Gasteiger partial charge in [-0.15, -0.1) is 0 Å². The number of rotatable bonds is 2. The molecular weight excluding hydrogens is 298 g/mol. The first-order valence-corrected chi connectivity index (χ1v) is 8.73. The minimum Gasteiger partial charge on any atom is -0.428 e. The van der Waals surface area contributed by atoms with Gasteiger partial charge in [-0.05, 0) is 43.7 Å². The van der Waals surface area contributed by atoms with E-state index in [1.54, 1.807) is 0 Å². The van der Waals surface area contributed by atoms with Crippen LogP contribution in [0.25, 0.3) is 6.08 Å². The highest BCUT2D eigenvalue weighted by molar-refractivity contribution is 5.73. The van der Waals surface area contributed by atoms with Crippen molar-refractivity contribution in [1.82, 2.24) is 0 Å². The molecule has 1 aliphatic heterocycles. The molecular formula is C21H23NO2. The molecule has 0 saturated heterocycles. The molecule has 4 rings (SSSR count). The maximum Gasteiger partial charge on any atom is 0.345 e. The lowest BCUT2D eigenvalue weighted by Crippen LogP contribution is -2.47.